The number of piperazine rings is 1. The highest BCUT2D eigenvalue weighted by Gasteiger charge is 2.23. The molecule has 1 aromatic carbocycles. The van der Waals surface area contributed by atoms with Crippen LogP contribution in [0.5, 0.6) is 0 Å². The second-order valence-electron chi connectivity index (χ2n) is 7.13. The van der Waals surface area contributed by atoms with Crippen LogP contribution in [0.3, 0.4) is 0 Å². The van der Waals surface area contributed by atoms with E-state index in [1.807, 2.05) is 36.2 Å². The summed E-state index contributed by atoms with van der Waals surface area (Å²) in [4.78, 5) is 36.6. The monoisotopic (exact) mass is 393 g/mol. The van der Waals surface area contributed by atoms with Crippen LogP contribution in [0, 0.1) is 0 Å². The van der Waals surface area contributed by atoms with Crippen LogP contribution >= 0.6 is 0 Å². The van der Waals surface area contributed by atoms with Gasteiger partial charge in [0.25, 0.3) is 0 Å². The van der Waals surface area contributed by atoms with Crippen molar-refractivity contribution in [2.45, 2.75) is 13.3 Å². The second-order valence-corrected chi connectivity index (χ2v) is 7.13. The van der Waals surface area contributed by atoms with Gasteiger partial charge in [-0.05, 0) is 17.7 Å². The van der Waals surface area contributed by atoms with E-state index in [4.69, 9.17) is 0 Å². The van der Waals surface area contributed by atoms with E-state index in [1.54, 1.807) is 17.2 Å². The van der Waals surface area contributed by atoms with Crippen molar-refractivity contribution in [2.75, 3.05) is 36.4 Å². The molecule has 29 heavy (non-hydrogen) atoms. The minimum Gasteiger partial charge on any atom is -0.352 e. The lowest BCUT2D eigenvalue weighted by molar-refractivity contribution is -0.130. The maximum absolute atomic E-state index is 12.7. The van der Waals surface area contributed by atoms with E-state index in [0.717, 1.165) is 28.1 Å². The van der Waals surface area contributed by atoms with Gasteiger partial charge in [0.05, 0.1) is 18.0 Å². The van der Waals surface area contributed by atoms with Crippen molar-refractivity contribution in [2.24, 2.45) is 7.05 Å². The van der Waals surface area contributed by atoms with Gasteiger partial charge in [-0.3, -0.25) is 14.3 Å². The van der Waals surface area contributed by atoms with Gasteiger partial charge in [-0.25, -0.2) is 9.97 Å². The molecule has 0 radical (unpaired) electrons. The zero-order valence-corrected chi connectivity index (χ0v) is 16.5. The maximum Gasteiger partial charge on any atom is 0.227 e. The number of hydrogen-bond donors (Lipinski definition) is 1. The van der Waals surface area contributed by atoms with E-state index < -0.39 is 0 Å². The minimum absolute atomic E-state index is 0.103. The van der Waals surface area contributed by atoms with E-state index in [9.17, 15) is 9.59 Å². The van der Waals surface area contributed by atoms with Crippen molar-refractivity contribution in [3.05, 3.63) is 42.4 Å². The van der Waals surface area contributed by atoms with Gasteiger partial charge in [-0.2, -0.15) is 5.10 Å². The summed E-state index contributed by atoms with van der Waals surface area (Å²) >= 11 is 0. The molecule has 9 heteroatoms. The summed E-state index contributed by atoms with van der Waals surface area (Å²) in [5, 5.41) is 7.92. The molecule has 0 unspecified atom stereocenters. The lowest BCUT2D eigenvalue weighted by atomic mass is 10.1. The molecule has 1 aliphatic heterocycles. The standard InChI is InChI=1S/C20H23N7O2/c1-14(28)24-16-5-3-15(4-6-16)11-18(29)26-7-9-27(10-8-26)20-17-12-23-25(2)19(17)21-13-22-20/h3-6,12-13H,7-11H2,1-2H3,(H,24,28). The van der Waals surface area contributed by atoms with Crippen molar-refractivity contribution in [3.63, 3.8) is 0 Å². The van der Waals surface area contributed by atoms with Crippen LogP contribution in [0.25, 0.3) is 11.0 Å². The van der Waals surface area contributed by atoms with E-state index >= 15 is 0 Å². The van der Waals surface area contributed by atoms with Gasteiger partial charge in [-0.15, -0.1) is 0 Å². The molecule has 4 rings (SSSR count). The van der Waals surface area contributed by atoms with Crippen LogP contribution in [-0.2, 0) is 23.1 Å². The van der Waals surface area contributed by atoms with E-state index in [2.05, 4.69) is 25.3 Å². The van der Waals surface area contributed by atoms with Crippen molar-refractivity contribution in [1.82, 2.24) is 24.6 Å². The molecule has 2 amide bonds. The molecule has 0 bridgehead atoms. The fraction of sp³-hybridized carbons (Fsp3) is 0.350. The molecule has 3 heterocycles. The van der Waals surface area contributed by atoms with Gasteiger partial charge in [0.15, 0.2) is 5.65 Å². The zero-order valence-electron chi connectivity index (χ0n) is 16.5. The molecule has 0 saturated carbocycles. The normalized spacial score (nSPS) is 14.3. The van der Waals surface area contributed by atoms with Crippen LogP contribution in [0.1, 0.15) is 12.5 Å². The number of anilines is 2. The third-order valence-corrected chi connectivity index (χ3v) is 5.07. The Morgan fingerprint density at radius 2 is 1.79 bits per heavy atom. The highest BCUT2D eigenvalue weighted by molar-refractivity contribution is 5.89. The summed E-state index contributed by atoms with van der Waals surface area (Å²) in [6.45, 7) is 4.20. The highest BCUT2D eigenvalue weighted by atomic mass is 16.2. The van der Waals surface area contributed by atoms with Crippen LogP contribution in [-0.4, -0.2) is 62.6 Å². The van der Waals surface area contributed by atoms with Gasteiger partial charge in [-0.1, -0.05) is 12.1 Å². The number of aromatic nitrogens is 4. The summed E-state index contributed by atoms with van der Waals surface area (Å²) in [6.07, 6.45) is 3.69. The SMILES string of the molecule is CC(=O)Nc1ccc(CC(=O)N2CCN(c3ncnc4c3cnn4C)CC2)cc1. The third kappa shape index (κ3) is 4.03. The summed E-state index contributed by atoms with van der Waals surface area (Å²) in [5.41, 5.74) is 2.46. The first-order chi connectivity index (χ1) is 14.0. The molecule has 0 aliphatic carbocycles. The highest BCUT2D eigenvalue weighted by Crippen LogP contribution is 2.23. The number of rotatable bonds is 4. The Morgan fingerprint density at radius 3 is 2.48 bits per heavy atom. The number of benzene rings is 1. The van der Waals surface area contributed by atoms with Crippen LogP contribution in [0.2, 0.25) is 0 Å². The lowest BCUT2D eigenvalue weighted by Gasteiger charge is -2.35. The second kappa shape index (κ2) is 7.86. The molecule has 0 atom stereocenters. The molecular formula is C20H23N7O2. The van der Waals surface area contributed by atoms with E-state index in [0.29, 0.717) is 32.6 Å². The lowest BCUT2D eigenvalue weighted by Crippen LogP contribution is -2.49. The van der Waals surface area contributed by atoms with Crippen molar-refractivity contribution in [1.29, 1.82) is 0 Å². The number of amides is 2. The van der Waals surface area contributed by atoms with Gasteiger partial charge in [0.1, 0.15) is 12.1 Å². The molecule has 1 N–H and O–H groups in total. The van der Waals surface area contributed by atoms with Crippen LogP contribution in [0.15, 0.2) is 36.8 Å². The first-order valence-electron chi connectivity index (χ1n) is 9.53. The molecule has 1 fully saturated rings. The smallest absolute Gasteiger partial charge is 0.227 e. The number of carbonyl (C=O) groups excluding carboxylic acids is 2. The predicted octanol–water partition coefficient (Wildman–Crippen LogP) is 1.21. The summed E-state index contributed by atoms with van der Waals surface area (Å²) < 4.78 is 1.73. The molecular weight excluding hydrogens is 370 g/mol. The van der Waals surface area contributed by atoms with E-state index in [-0.39, 0.29) is 11.8 Å². The van der Waals surface area contributed by atoms with Gasteiger partial charge in [0.2, 0.25) is 11.8 Å². The Bertz CT molecular complexity index is 1040. The first-order valence-corrected chi connectivity index (χ1v) is 9.53. The Morgan fingerprint density at radius 1 is 1.07 bits per heavy atom. The number of nitrogens with one attached hydrogen (secondary N) is 1. The number of nitrogens with zero attached hydrogens (tertiary/aromatic N) is 6. The van der Waals surface area contributed by atoms with Crippen molar-refractivity contribution in [3.8, 4) is 0 Å². The van der Waals surface area contributed by atoms with Gasteiger partial charge in [0, 0.05) is 45.8 Å². The Labute approximate surface area is 168 Å². The first kappa shape index (κ1) is 18.9. The van der Waals surface area contributed by atoms with Crippen LogP contribution in [0.4, 0.5) is 11.5 Å². The maximum atomic E-state index is 12.7. The van der Waals surface area contributed by atoms with Gasteiger partial charge < -0.3 is 15.1 Å². The third-order valence-electron chi connectivity index (χ3n) is 5.07. The molecule has 9 nitrogen and oxygen atoms in total. The molecule has 3 aromatic rings. The number of carbonyl (C=O) groups is 2. The summed E-state index contributed by atoms with van der Waals surface area (Å²) in [5.74, 6) is 0.855. The number of hydrogen-bond acceptors (Lipinski definition) is 6. The molecule has 150 valence electrons. The number of aryl methyl sites for hydroxylation is 1. The fourth-order valence-corrected chi connectivity index (χ4v) is 3.56. The van der Waals surface area contributed by atoms with Crippen LogP contribution < -0.4 is 10.2 Å². The topological polar surface area (TPSA) is 96.2 Å². The average Bonchev–Trinajstić information content (AvgIpc) is 3.10. The van der Waals surface area contributed by atoms with Gasteiger partial charge >= 0.3 is 0 Å². The Kier molecular flexibility index (Phi) is 5.11. The molecule has 1 saturated heterocycles. The predicted molar refractivity (Wildman–Crippen MR) is 110 cm³/mol. The molecule has 2 aromatic heterocycles. The average molecular weight is 393 g/mol. The fourth-order valence-electron chi connectivity index (χ4n) is 3.56. The Balaban J connectivity index is 1.36. The molecule has 1 aliphatic rings. The zero-order chi connectivity index (χ0) is 20.4. The quantitative estimate of drug-likeness (QED) is 0.716. The van der Waals surface area contributed by atoms with Crippen molar-refractivity contribution < 1.29 is 9.59 Å². The molecule has 0 spiro atoms. The summed E-state index contributed by atoms with van der Waals surface area (Å²) in [7, 11) is 1.86. The summed E-state index contributed by atoms with van der Waals surface area (Å²) in [6, 6.07) is 7.38. The Hall–Kier alpha value is -3.49. The van der Waals surface area contributed by atoms with Crippen molar-refractivity contribution >= 4 is 34.4 Å². The van der Waals surface area contributed by atoms with E-state index in [1.165, 1.54) is 6.92 Å². The number of fused-ring (bicyclic) bond motifs is 1. The minimum atomic E-state index is -0.112. The largest absolute Gasteiger partial charge is 0.352 e.